The summed E-state index contributed by atoms with van der Waals surface area (Å²) in [6.45, 7) is 7.01. The smallest absolute Gasteiger partial charge is 0.113 e. The highest BCUT2D eigenvalue weighted by Crippen LogP contribution is 2.23. The fraction of sp³-hybridized carbons (Fsp3) is 0.562. The molecule has 1 aliphatic heterocycles. The summed E-state index contributed by atoms with van der Waals surface area (Å²) in [4.78, 5) is 7.14. The molecule has 1 aliphatic rings. The molecular formula is C16H22ClN3. The third-order valence-corrected chi connectivity index (χ3v) is 4.66. The Labute approximate surface area is 125 Å². The zero-order valence-corrected chi connectivity index (χ0v) is 13.0. The maximum Gasteiger partial charge on any atom is 0.113 e. The Hall–Kier alpha value is -1.06. The molecule has 20 heavy (non-hydrogen) atoms. The van der Waals surface area contributed by atoms with Crippen molar-refractivity contribution in [2.24, 2.45) is 5.92 Å². The van der Waals surface area contributed by atoms with E-state index in [0.717, 1.165) is 22.9 Å². The molecule has 4 heteroatoms. The van der Waals surface area contributed by atoms with Crippen molar-refractivity contribution >= 4 is 17.1 Å². The van der Waals surface area contributed by atoms with Crippen molar-refractivity contribution < 1.29 is 0 Å². The summed E-state index contributed by atoms with van der Waals surface area (Å²) in [5.74, 6) is 1.92. The Bertz CT molecular complexity index is 582. The first-order valence-electron chi connectivity index (χ1n) is 7.49. The number of halogens is 1. The summed E-state index contributed by atoms with van der Waals surface area (Å²) in [5, 5.41) is 0.772. The lowest BCUT2D eigenvalue weighted by Crippen LogP contribution is -2.38. The molecule has 108 valence electrons. The first-order valence-corrected chi connectivity index (χ1v) is 7.87. The fourth-order valence-electron chi connectivity index (χ4n) is 3.11. The van der Waals surface area contributed by atoms with Crippen LogP contribution >= 0.6 is 11.6 Å². The van der Waals surface area contributed by atoms with Gasteiger partial charge in [0.1, 0.15) is 5.82 Å². The Kier molecular flexibility index (Phi) is 3.99. The van der Waals surface area contributed by atoms with Crippen LogP contribution in [0.2, 0.25) is 5.02 Å². The Balaban J connectivity index is 1.68. The molecule has 2 aromatic heterocycles. The van der Waals surface area contributed by atoms with Gasteiger partial charge in [0.25, 0.3) is 0 Å². The molecule has 0 aromatic carbocycles. The van der Waals surface area contributed by atoms with Crippen LogP contribution < -0.4 is 0 Å². The van der Waals surface area contributed by atoms with Crippen LogP contribution in [0.15, 0.2) is 24.5 Å². The van der Waals surface area contributed by atoms with E-state index in [1.165, 1.54) is 31.8 Å². The summed E-state index contributed by atoms with van der Waals surface area (Å²) in [5.41, 5.74) is 1.09. The molecular weight excluding hydrogens is 270 g/mol. The fourth-order valence-corrected chi connectivity index (χ4v) is 3.28. The van der Waals surface area contributed by atoms with E-state index in [2.05, 4.69) is 28.1 Å². The van der Waals surface area contributed by atoms with Crippen molar-refractivity contribution in [2.75, 3.05) is 13.1 Å². The van der Waals surface area contributed by atoms with Crippen LogP contribution in [0.25, 0.3) is 5.52 Å². The number of hydrogen-bond acceptors (Lipinski definition) is 2. The van der Waals surface area contributed by atoms with E-state index < -0.39 is 0 Å². The number of imidazole rings is 1. The average Bonchev–Trinajstić information content (AvgIpc) is 2.81. The molecule has 0 atom stereocenters. The minimum absolute atomic E-state index is 0.672. The van der Waals surface area contributed by atoms with Crippen LogP contribution in [-0.2, 0) is 6.42 Å². The summed E-state index contributed by atoms with van der Waals surface area (Å²) in [6.07, 6.45) is 7.58. The van der Waals surface area contributed by atoms with Crippen LogP contribution in [0, 0.1) is 5.92 Å². The highest BCUT2D eigenvalue weighted by atomic mass is 35.5. The molecule has 1 saturated heterocycles. The highest BCUT2D eigenvalue weighted by Gasteiger charge is 2.22. The van der Waals surface area contributed by atoms with E-state index in [1.54, 1.807) is 0 Å². The van der Waals surface area contributed by atoms with E-state index >= 15 is 0 Å². The Morgan fingerprint density at radius 3 is 2.80 bits per heavy atom. The molecule has 3 rings (SSSR count). The quantitative estimate of drug-likeness (QED) is 0.860. The third kappa shape index (κ3) is 2.84. The van der Waals surface area contributed by atoms with Gasteiger partial charge >= 0.3 is 0 Å². The number of piperidine rings is 1. The lowest BCUT2D eigenvalue weighted by molar-refractivity contribution is 0.148. The lowest BCUT2D eigenvalue weighted by atomic mass is 9.92. The minimum atomic E-state index is 0.672. The third-order valence-electron chi connectivity index (χ3n) is 4.42. The van der Waals surface area contributed by atoms with E-state index in [0.29, 0.717) is 6.04 Å². The number of pyridine rings is 1. The van der Waals surface area contributed by atoms with E-state index in [4.69, 9.17) is 11.6 Å². The van der Waals surface area contributed by atoms with Gasteiger partial charge in [-0.05, 0) is 57.8 Å². The van der Waals surface area contributed by atoms with Gasteiger partial charge in [-0.3, -0.25) is 0 Å². The Morgan fingerprint density at radius 1 is 1.35 bits per heavy atom. The molecule has 0 N–H and O–H groups in total. The van der Waals surface area contributed by atoms with Gasteiger partial charge in [-0.1, -0.05) is 11.6 Å². The maximum absolute atomic E-state index is 6.02. The van der Waals surface area contributed by atoms with Crippen LogP contribution in [0.5, 0.6) is 0 Å². The number of fused-ring (bicyclic) bond motifs is 1. The molecule has 3 nitrogen and oxygen atoms in total. The summed E-state index contributed by atoms with van der Waals surface area (Å²) in [7, 11) is 0. The second-order valence-corrected chi connectivity index (χ2v) is 6.53. The molecule has 0 radical (unpaired) electrons. The van der Waals surface area contributed by atoms with Crippen LogP contribution in [-0.4, -0.2) is 33.4 Å². The van der Waals surface area contributed by atoms with Crippen molar-refractivity contribution in [1.82, 2.24) is 14.3 Å². The first kappa shape index (κ1) is 13.9. The van der Waals surface area contributed by atoms with Crippen LogP contribution in [0.3, 0.4) is 0 Å². The zero-order valence-electron chi connectivity index (χ0n) is 12.2. The molecule has 0 aliphatic carbocycles. The molecule has 1 fully saturated rings. The molecule has 0 spiro atoms. The van der Waals surface area contributed by atoms with Gasteiger partial charge in [0, 0.05) is 23.7 Å². The average molecular weight is 292 g/mol. The van der Waals surface area contributed by atoms with Gasteiger partial charge < -0.3 is 9.30 Å². The largest absolute Gasteiger partial charge is 0.304 e. The van der Waals surface area contributed by atoms with Gasteiger partial charge in [-0.2, -0.15) is 0 Å². The molecule has 0 saturated carbocycles. The van der Waals surface area contributed by atoms with Gasteiger partial charge in [0.05, 0.1) is 11.7 Å². The van der Waals surface area contributed by atoms with Crippen molar-refractivity contribution in [3.8, 4) is 0 Å². The summed E-state index contributed by atoms with van der Waals surface area (Å²) >= 11 is 6.02. The number of likely N-dealkylation sites (tertiary alicyclic amines) is 1. The minimum Gasteiger partial charge on any atom is -0.304 e. The predicted molar refractivity (Wildman–Crippen MR) is 83.3 cm³/mol. The molecule has 0 unspecified atom stereocenters. The van der Waals surface area contributed by atoms with Crippen molar-refractivity contribution in [2.45, 2.75) is 39.2 Å². The van der Waals surface area contributed by atoms with Crippen LogP contribution in [0.4, 0.5) is 0 Å². The number of nitrogens with zero attached hydrogens (tertiary/aromatic N) is 3. The lowest BCUT2D eigenvalue weighted by Gasteiger charge is -2.34. The standard InChI is InChI=1S/C16H22ClN3/c1-12(2)19-6-3-13(4-7-19)9-16-18-11-15-10-14(17)5-8-20(15)16/h5,8,10-13H,3-4,6-7,9H2,1-2H3. The first-order chi connectivity index (χ1) is 9.63. The molecule has 0 bridgehead atoms. The summed E-state index contributed by atoms with van der Waals surface area (Å²) in [6, 6.07) is 4.57. The normalized spacial score (nSPS) is 18.2. The second kappa shape index (κ2) is 5.74. The second-order valence-electron chi connectivity index (χ2n) is 6.09. The van der Waals surface area contributed by atoms with Gasteiger partial charge in [-0.25, -0.2) is 4.98 Å². The number of aromatic nitrogens is 2. The monoisotopic (exact) mass is 291 g/mol. The topological polar surface area (TPSA) is 20.5 Å². The highest BCUT2D eigenvalue weighted by molar-refractivity contribution is 6.30. The SMILES string of the molecule is CC(C)N1CCC(Cc2ncc3cc(Cl)ccn23)CC1. The number of rotatable bonds is 3. The van der Waals surface area contributed by atoms with Crippen LogP contribution in [0.1, 0.15) is 32.5 Å². The summed E-state index contributed by atoms with van der Waals surface area (Å²) < 4.78 is 2.17. The predicted octanol–water partition coefficient (Wildman–Crippen LogP) is 3.65. The van der Waals surface area contributed by atoms with E-state index in [-0.39, 0.29) is 0 Å². The zero-order chi connectivity index (χ0) is 14.1. The van der Waals surface area contributed by atoms with E-state index in [1.807, 2.05) is 24.5 Å². The maximum atomic E-state index is 6.02. The molecule has 3 heterocycles. The van der Waals surface area contributed by atoms with Gasteiger partial charge in [-0.15, -0.1) is 0 Å². The molecule has 0 amide bonds. The van der Waals surface area contributed by atoms with Gasteiger partial charge in [0.2, 0.25) is 0 Å². The Morgan fingerprint density at radius 2 is 2.10 bits per heavy atom. The van der Waals surface area contributed by atoms with Crippen molar-refractivity contribution in [3.05, 3.63) is 35.4 Å². The van der Waals surface area contributed by atoms with Gasteiger partial charge in [0.15, 0.2) is 0 Å². The number of hydrogen-bond donors (Lipinski definition) is 0. The van der Waals surface area contributed by atoms with E-state index in [9.17, 15) is 0 Å². The van der Waals surface area contributed by atoms with Crippen molar-refractivity contribution in [1.29, 1.82) is 0 Å². The molecule has 2 aromatic rings. The van der Waals surface area contributed by atoms with Crippen molar-refractivity contribution in [3.63, 3.8) is 0 Å².